The summed E-state index contributed by atoms with van der Waals surface area (Å²) in [6, 6.07) is 20.6. The number of pyridine rings is 1. The number of hydrogen-bond acceptors (Lipinski definition) is 4. The van der Waals surface area contributed by atoms with Crippen molar-refractivity contribution in [1.82, 2.24) is 9.97 Å². The molecule has 0 aliphatic heterocycles. The average molecular weight is 346 g/mol. The van der Waals surface area contributed by atoms with E-state index in [0.717, 1.165) is 32.9 Å². The lowest BCUT2D eigenvalue weighted by Crippen LogP contribution is -2.00. The zero-order valence-electron chi connectivity index (χ0n) is 14.2. The minimum atomic E-state index is 0.502. The molecule has 0 aliphatic rings. The molecule has 4 heteroatoms. The fourth-order valence-corrected chi connectivity index (χ4v) is 3.61. The maximum Gasteiger partial charge on any atom is 0.221 e. The van der Waals surface area contributed by atoms with Gasteiger partial charge in [0.05, 0.1) is 15.2 Å². The molecule has 4 aromatic rings. The molecule has 2 aromatic carbocycles. The van der Waals surface area contributed by atoms with Crippen molar-refractivity contribution in [1.29, 1.82) is 0 Å². The fourth-order valence-electron chi connectivity index (χ4n) is 2.80. The normalized spacial score (nSPS) is 11.0. The van der Waals surface area contributed by atoms with Gasteiger partial charge in [0, 0.05) is 11.3 Å². The van der Waals surface area contributed by atoms with Gasteiger partial charge in [0.1, 0.15) is 6.61 Å². The van der Waals surface area contributed by atoms with E-state index in [1.807, 2.05) is 38.1 Å². The van der Waals surface area contributed by atoms with E-state index in [0.29, 0.717) is 12.5 Å². The third-order valence-corrected chi connectivity index (χ3v) is 4.98. The van der Waals surface area contributed by atoms with Crippen molar-refractivity contribution in [2.75, 3.05) is 0 Å². The highest BCUT2D eigenvalue weighted by Gasteiger charge is 2.11. The van der Waals surface area contributed by atoms with Crippen LogP contribution in [0.5, 0.6) is 5.88 Å². The topological polar surface area (TPSA) is 35.0 Å². The van der Waals surface area contributed by atoms with Crippen LogP contribution < -0.4 is 4.74 Å². The van der Waals surface area contributed by atoms with Crippen LogP contribution in [0.3, 0.4) is 0 Å². The first-order chi connectivity index (χ1) is 12.2. The number of rotatable bonds is 4. The van der Waals surface area contributed by atoms with E-state index in [2.05, 4.69) is 46.4 Å². The molecule has 0 unspecified atom stereocenters. The molecule has 0 bridgehead atoms. The number of aromatic nitrogens is 2. The number of aryl methyl sites for hydroxylation is 2. The fraction of sp³-hybridized carbons (Fsp3) is 0.143. The van der Waals surface area contributed by atoms with Gasteiger partial charge in [-0.25, -0.2) is 9.97 Å². The summed E-state index contributed by atoms with van der Waals surface area (Å²) in [4.78, 5) is 9.21. The zero-order valence-corrected chi connectivity index (χ0v) is 15.0. The predicted molar refractivity (Wildman–Crippen MR) is 103 cm³/mol. The molecule has 0 N–H and O–H groups in total. The first kappa shape index (κ1) is 15.8. The highest BCUT2D eigenvalue weighted by molar-refractivity contribution is 7.18. The molecular weight excluding hydrogens is 328 g/mol. The summed E-state index contributed by atoms with van der Waals surface area (Å²) >= 11 is 1.71. The Hall–Kier alpha value is -2.72. The molecule has 124 valence electrons. The van der Waals surface area contributed by atoms with E-state index < -0.39 is 0 Å². The number of fused-ring (bicyclic) bond motifs is 1. The number of benzene rings is 2. The molecule has 0 saturated heterocycles. The Morgan fingerprint density at radius 2 is 1.76 bits per heavy atom. The van der Waals surface area contributed by atoms with Crippen molar-refractivity contribution in [3.05, 3.63) is 76.9 Å². The summed E-state index contributed by atoms with van der Waals surface area (Å²) in [5.74, 6) is 0.662. The molecule has 25 heavy (non-hydrogen) atoms. The van der Waals surface area contributed by atoms with E-state index in [4.69, 9.17) is 4.74 Å². The van der Waals surface area contributed by atoms with Gasteiger partial charge in [-0.1, -0.05) is 36.4 Å². The van der Waals surface area contributed by atoms with Gasteiger partial charge in [-0.05, 0) is 49.2 Å². The van der Waals surface area contributed by atoms with Crippen LogP contribution >= 0.6 is 11.3 Å². The molecule has 0 aliphatic carbocycles. The Balaban J connectivity index is 1.70. The lowest BCUT2D eigenvalue weighted by molar-refractivity contribution is 0.295. The SMILES string of the molecule is Cc1ccc(-c2ccc3sc(C)nc3c2)c(OCc2ccccc2)n1. The Morgan fingerprint density at radius 3 is 2.60 bits per heavy atom. The molecule has 0 spiro atoms. The lowest BCUT2D eigenvalue weighted by atomic mass is 10.1. The summed E-state index contributed by atoms with van der Waals surface area (Å²) in [5, 5.41) is 1.08. The van der Waals surface area contributed by atoms with Gasteiger partial charge in [0.2, 0.25) is 5.88 Å². The quantitative estimate of drug-likeness (QED) is 0.485. The Kier molecular flexibility index (Phi) is 4.20. The van der Waals surface area contributed by atoms with Crippen LogP contribution in [0.25, 0.3) is 21.3 Å². The van der Waals surface area contributed by atoms with Gasteiger partial charge in [-0.3, -0.25) is 0 Å². The summed E-state index contributed by atoms with van der Waals surface area (Å²) < 4.78 is 7.25. The third-order valence-electron chi connectivity index (χ3n) is 4.02. The van der Waals surface area contributed by atoms with Crippen LogP contribution in [-0.2, 0) is 6.61 Å². The summed E-state index contributed by atoms with van der Waals surface area (Å²) in [7, 11) is 0. The maximum atomic E-state index is 6.05. The molecule has 0 atom stereocenters. The minimum Gasteiger partial charge on any atom is -0.472 e. The number of thiazole rings is 1. The molecule has 2 heterocycles. The Morgan fingerprint density at radius 1 is 0.920 bits per heavy atom. The van der Waals surface area contributed by atoms with Gasteiger partial charge >= 0.3 is 0 Å². The second-order valence-electron chi connectivity index (χ2n) is 6.00. The molecule has 0 radical (unpaired) electrons. The lowest BCUT2D eigenvalue weighted by Gasteiger charge is -2.12. The van der Waals surface area contributed by atoms with Crippen LogP contribution in [0.4, 0.5) is 0 Å². The second-order valence-corrected chi connectivity index (χ2v) is 7.23. The van der Waals surface area contributed by atoms with Crippen molar-refractivity contribution in [3.63, 3.8) is 0 Å². The average Bonchev–Trinajstić information content (AvgIpc) is 3.00. The van der Waals surface area contributed by atoms with Crippen molar-refractivity contribution in [3.8, 4) is 17.0 Å². The molecule has 0 fully saturated rings. The summed E-state index contributed by atoms with van der Waals surface area (Å²) in [6.07, 6.45) is 0. The number of nitrogens with zero attached hydrogens (tertiary/aromatic N) is 2. The highest BCUT2D eigenvalue weighted by Crippen LogP contribution is 2.32. The van der Waals surface area contributed by atoms with Crippen molar-refractivity contribution in [2.45, 2.75) is 20.5 Å². The molecular formula is C21H18N2OS. The smallest absolute Gasteiger partial charge is 0.221 e. The first-order valence-corrected chi connectivity index (χ1v) is 9.02. The van der Waals surface area contributed by atoms with Gasteiger partial charge < -0.3 is 4.74 Å². The van der Waals surface area contributed by atoms with E-state index in [-0.39, 0.29) is 0 Å². The Bertz CT molecular complexity index is 1020. The Labute approximate surface area is 151 Å². The standard InChI is InChI=1S/C21H18N2OS/c1-14-8-10-18(17-9-11-20-19(12-17)23-15(2)25-20)21(22-14)24-13-16-6-4-3-5-7-16/h3-12H,13H2,1-2H3. The van der Waals surface area contributed by atoms with E-state index in [1.165, 1.54) is 4.70 Å². The van der Waals surface area contributed by atoms with Crippen LogP contribution in [0.2, 0.25) is 0 Å². The van der Waals surface area contributed by atoms with Gasteiger partial charge in [0.15, 0.2) is 0 Å². The minimum absolute atomic E-state index is 0.502. The first-order valence-electron chi connectivity index (χ1n) is 8.21. The van der Waals surface area contributed by atoms with Crippen LogP contribution in [0, 0.1) is 13.8 Å². The van der Waals surface area contributed by atoms with Crippen molar-refractivity contribution in [2.24, 2.45) is 0 Å². The molecule has 0 amide bonds. The monoisotopic (exact) mass is 346 g/mol. The van der Waals surface area contributed by atoms with Crippen molar-refractivity contribution >= 4 is 21.6 Å². The summed E-state index contributed by atoms with van der Waals surface area (Å²) in [5.41, 5.74) is 5.16. The van der Waals surface area contributed by atoms with Gasteiger partial charge in [-0.15, -0.1) is 11.3 Å². The van der Waals surface area contributed by atoms with E-state index in [9.17, 15) is 0 Å². The third kappa shape index (κ3) is 3.39. The zero-order chi connectivity index (χ0) is 17.2. The molecule has 3 nitrogen and oxygen atoms in total. The van der Waals surface area contributed by atoms with E-state index >= 15 is 0 Å². The second kappa shape index (κ2) is 6.65. The molecule has 2 aromatic heterocycles. The van der Waals surface area contributed by atoms with Crippen LogP contribution in [-0.4, -0.2) is 9.97 Å². The van der Waals surface area contributed by atoms with Gasteiger partial charge in [-0.2, -0.15) is 0 Å². The number of hydrogen-bond donors (Lipinski definition) is 0. The summed E-state index contributed by atoms with van der Waals surface area (Å²) in [6.45, 7) is 4.51. The van der Waals surface area contributed by atoms with Crippen molar-refractivity contribution < 1.29 is 4.74 Å². The van der Waals surface area contributed by atoms with Gasteiger partial charge in [0.25, 0.3) is 0 Å². The number of ether oxygens (including phenoxy) is 1. The molecule has 4 rings (SSSR count). The maximum absolute atomic E-state index is 6.05. The van der Waals surface area contributed by atoms with Crippen LogP contribution in [0.15, 0.2) is 60.7 Å². The highest BCUT2D eigenvalue weighted by atomic mass is 32.1. The van der Waals surface area contributed by atoms with E-state index in [1.54, 1.807) is 11.3 Å². The molecule has 0 saturated carbocycles. The van der Waals surface area contributed by atoms with Crippen LogP contribution in [0.1, 0.15) is 16.3 Å². The predicted octanol–water partition coefficient (Wildman–Crippen LogP) is 5.55. The largest absolute Gasteiger partial charge is 0.472 e.